The molecule has 1 rings (SSSR count). The van der Waals surface area contributed by atoms with Crippen LogP contribution in [0.3, 0.4) is 0 Å². The molecular formula is C8H13N3O. The summed E-state index contributed by atoms with van der Waals surface area (Å²) in [4.78, 5) is 0. The van der Waals surface area contributed by atoms with Crippen LogP contribution in [0.4, 0.5) is 17.1 Å². The number of hydrogen-bond donors (Lipinski definition) is 3. The van der Waals surface area contributed by atoms with E-state index in [4.69, 9.17) is 21.9 Å². The summed E-state index contributed by atoms with van der Waals surface area (Å²) < 4.78 is 5.21. The summed E-state index contributed by atoms with van der Waals surface area (Å²) in [6.45, 7) is 2.42. The molecule has 0 aliphatic heterocycles. The number of anilines is 3. The first-order valence-electron chi connectivity index (χ1n) is 3.72. The molecule has 0 amide bonds. The Morgan fingerprint density at radius 1 is 1.25 bits per heavy atom. The van der Waals surface area contributed by atoms with Gasteiger partial charge in [-0.3, -0.25) is 0 Å². The summed E-state index contributed by atoms with van der Waals surface area (Å²) in [5.41, 5.74) is 18.2. The Hall–Kier alpha value is -1.58. The number of rotatable bonds is 2. The van der Waals surface area contributed by atoms with Crippen molar-refractivity contribution in [2.75, 3.05) is 23.8 Å². The first kappa shape index (κ1) is 8.52. The van der Waals surface area contributed by atoms with Crippen LogP contribution in [-0.4, -0.2) is 6.61 Å². The van der Waals surface area contributed by atoms with Gasteiger partial charge in [0, 0.05) is 11.8 Å². The van der Waals surface area contributed by atoms with Crippen molar-refractivity contribution < 1.29 is 4.74 Å². The van der Waals surface area contributed by atoms with E-state index in [2.05, 4.69) is 0 Å². The smallest absolute Gasteiger partial charge is 0.146 e. The van der Waals surface area contributed by atoms with Crippen LogP contribution in [0.5, 0.6) is 5.75 Å². The fourth-order valence-corrected chi connectivity index (χ4v) is 0.945. The normalized spacial score (nSPS) is 9.75. The van der Waals surface area contributed by atoms with Crippen LogP contribution >= 0.6 is 0 Å². The topological polar surface area (TPSA) is 87.3 Å². The number of benzene rings is 1. The molecule has 6 N–H and O–H groups in total. The standard InChI is InChI=1S/C8H13N3O/c1-2-12-7-4-5(9)3-6(10)8(7)11/h3-4H,2,9-11H2,1H3. The zero-order chi connectivity index (χ0) is 9.14. The van der Waals surface area contributed by atoms with Crippen LogP contribution in [0, 0.1) is 0 Å². The van der Waals surface area contributed by atoms with Crippen molar-refractivity contribution in [1.82, 2.24) is 0 Å². The van der Waals surface area contributed by atoms with Crippen molar-refractivity contribution >= 4 is 17.1 Å². The van der Waals surface area contributed by atoms with E-state index in [-0.39, 0.29) is 0 Å². The first-order valence-corrected chi connectivity index (χ1v) is 3.72. The molecule has 0 aliphatic rings. The van der Waals surface area contributed by atoms with Gasteiger partial charge < -0.3 is 21.9 Å². The van der Waals surface area contributed by atoms with Gasteiger partial charge >= 0.3 is 0 Å². The average Bonchev–Trinajstić information content (AvgIpc) is 2.00. The molecule has 0 aromatic heterocycles. The maximum atomic E-state index is 5.63. The average molecular weight is 167 g/mol. The van der Waals surface area contributed by atoms with Crippen LogP contribution < -0.4 is 21.9 Å². The summed E-state index contributed by atoms with van der Waals surface area (Å²) in [5, 5.41) is 0. The quantitative estimate of drug-likeness (QED) is 0.569. The Kier molecular flexibility index (Phi) is 2.28. The third-order valence-electron chi connectivity index (χ3n) is 1.50. The predicted octanol–water partition coefficient (Wildman–Crippen LogP) is 0.832. The second-order valence-electron chi connectivity index (χ2n) is 2.45. The highest BCUT2D eigenvalue weighted by molar-refractivity contribution is 5.75. The zero-order valence-corrected chi connectivity index (χ0v) is 7.00. The number of hydrogen-bond acceptors (Lipinski definition) is 4. The van der Waals surface area contributed by atoms with E-state index in [1.807, 2.05) is 6.92 Å². The fraction of sp³-hybridized carbons (Fsp3) is 0.250. The lowest BCUT2D eigenvalue weighted by Crippen LogP contribution is -2.02. The highest BCUT2D eigenvalue weighted by Crippen LogP contribution is 2.30. The lowest BCUT2D eigenvalue weighted by Gasteiger charge is -2.09. The lowest BCUT2D eigenvalue weighted by molar-refractivity contribution is 0.342. The van der Waals surface area contributed by atoms with E-state index in [0.29, 0.717) is 29.4 Å². The molecule has 0 radical (unpaired) electrons. The molecule has 0 saturated heterocycles. The monoisotopic (exact) mass is 167 g/mol. The van der Waals surface area contributed by atoms with Crippen molar-refractivity contribution in [3.8, 4) is 5.75 Å². The summed E-state index contributed by atoms with van der Waals surface area (Å²) in [7, 11) is 0. The molecule has 0 spiro atoms. The Bertz CT molecular complexity index is 286. The third-order valence-corrected chi connectivity index (χ3v) is 1.50. The Morgan fingerprint density at radius 3 is 2.50 bits per heavy atom. The summed E-state index contributed by atoms with van der Waals surface area (Å²) in [6.07, 6.45) is 0. The highest BCUT2D eigenvalue weighted by Gasteiger charge is 2.04. The van der Waals surface area contributed by atoms with Crippen molar-refractivity contribution in [2.24, 2.45) is 0 Å². The van der Waals surface area contributed by atoms with Crippen LogP contribution in [0.25, 0.3) is 0 Å². The second kappa shape index (κ2) is 3.21. The molecule has 0 aliphatic carbocycles. The Balaban J connectivity index is 3.09. The zero-order valence-electron chi connectivity index (χ0n) is 7.00. The lowest BCUT2D eigenvalue weighted by atomic mass is 10.2. The van der Waals surface area contributed by atoms with E-state index in [1.165, 1.54) is 0 Å². The van der Waals surface area contributed by atoms with E-state index < -0.39 is 0 Å². The molecule has 0 saturated carbocycles. The molecule has 0 fully saturated rings. The van der Waals surface area contributed by atoms with E-state index >= 15 is 0 Å². The van der Waals surface area contributed by atoms with Gasteiger partial charge in [-0.25, -0.2) is 0 Å². The van der Waals surface area contributed by atoms with E-state index in [0.717, 1.165) is 0 Å². The minimum atomic E-state index is 0.450. The molecule has 0 bridgehead atoms. The van der Waals surface area contributed by atoms with Crippen molar-refractivity contribution in [3.05, 3.63) is 12.1 Å². The number of nitrogen functional groups attached to an aromatic ring is 3. The molecular weight excluding hydrogens is 154 g/mol. The second-order valence-corrected chi connectivity index (χ2v) is 2.45. The van der Waals surface area contributed by atoms with Crippen LogP contribution in [0.2, 0.25) is 0 Å². The maximum Gasteiger partial charge on any atom is 0.146 e. The number of nitrogens with two attached hydrogens (primary N) is 3. The van der Waals surface area contributed by atoms with Gasteiger partial charge in [-0.2, -0.15) is 0 Å². The SMILES string of the molecule is CCOc1cc(N)cc(N)c1N. The van der Waals surface area contributed by atoms with Gasteiger partial charge in [0.15, 0.2) is 0 Å². The van der Waals surface area contributed by atoms with Gasteiger partial charge in [-0.15, -0.1) is 0 Å². The largest absolute Gasteiger partial charge is 0.492 e. The van der Waals surface area contributed by atoms with E-state index in [9.17, 15) is 0 Å². The molecule has 12 heavy (non-hydrogen) atoms. The molecule has 0 unspecified atom stereocenters. The molecule has 66 valence electrons. The summed E-state index contributed by atoms with van der Waals surface area (Å²) in [5.74, 6) is 0.551. The molecule has 0 atom stereocenters. The van der Waals surface area contributed by atoms with Crippen molar-refractivity contribution in [3.63, 3.8) is 0 Å². The summed E-state index contributed by atoms with van der Waals surface area (Å²) in [6, 6.07) is 3.27. The molecule has 1 aromatic carbocycles. The van der Waals surface area contributed by atoms with Crippen molar-refractivity contribution in [2.45, 2.75) is 6.92 Å². The van der Waals surface area contributed by atoms with Crippen LogP contribution in [0.1, 0.15) is 6.92 Å². The van der Waals surface area contributed by atoms with Gasteiger partial charge in [0.1, 0.15) is 5.75 Å². The summed E-state index contributed by atoms with van der Waals surface area (Å²) >= 11 is 0. The Labute approximate surface area is 71.3 Å². The molecule has 4 nitrogen and oxygen atoms in total. The van der Waals surface area contributed by atoms with Crippen LogP contribution in [-0.2, 0) is 0 Å². The van der Waals surface area contributed by atoms with Crippen molar-refractivity contribution in [1.29, 1.82) is 0 Å². The molecule has 4 heteroatoms. The van der Waals surface area contributed by atoms with Crippen LogP contribution in [0.15, 0.2) is 12.1 Å². The Morgan fingerprint density at radius 2 is 1.92 bits per heavy atom. The van der Waals surface area contributed by atoms with Gasteiger partial charge in [0.25, 0.3) is 0 Å². The van der Waals surface area contributed by atoms with E-state index in [1.54, 1.807) is 12.1 Å². The predicted molar refractivity (Wildman–Crippen MR) is 50.8 cm³/mol. The minimum absolute atomic E-state index is 0.450. The minimum Gasteiger partial charge on any atom is -0.492 e. The van der Waals surface area contributed by atoms with Gasteiger partial charge in [-0.1, -0.05) is 0 Å². The van der Waals surface area contributed by atoms with Gasteiger partial charge in [0.2, 0.25) is 0 Å². The first-order chi connectivity index (χ1) is 5.65. The fourth-order valence-electron chi connectivity index (χ4n) is 0.945. The van der Waals surface area contributed by atoms with Gasteiger partial charge in [-0.05, 0) is 13.0 Å². The van der Waals surface area contributed by atoms with Gasteiger partial charge in [0.05, 0.1) is 18.0 Å². The number of ether oxygens (including phenoxy) is 1. The maximum absolute atomic E-state index is 5.63. The molecule has 0 heterocycles. The molecule has 1 aromatic rings. The highest BCUT2D eigenvalue weighted by atomic mass is 16.5. The third kappa shape index (κ3) is 1.53.